The van der Waals surface area contributed by atoms with Gasteiger partial charge in [0.05, 0.1) is 14.2 Å². The molecule has 0 aromatic heterocycles. The predicted octanol–water partition coefficient (Wildman–Crippen LogP) is 11.5. The average Bonchev–Trinajstić information content (AvgIpc) is 3.08. The lowest BCUT2D eigenvalue weighted by Gasteiger charge is -2.23. The monoisotopic (exact) mass is 562 g/mol. The van der Waals surface area contributed by atoms with Gasteiger partial charge in [-0.2, -0.15) is 0 Å². The number of fused-ring (bicyclic) bond motifs is 4. The fraction of sp³-hybridized carbons (Fsp3) is 0.0476. The van der Waals surface area contributed by atoms with Crippen molar-refractivity contribution in [1.82, 2.24) is 0 Å². The van der Waals surface area contributed by atoms with Crippen LogP contribution in [0.15, 0.2) is 121 Å². The first-order valence-corrected chi connectivity index (χ1v) is 15.1. The Hall–Kier alpha value is -5.60. The third-order valence-corrected chi connectivity index (χ3v) is 9.91. The van der Waals surface area contributed by atoms with Crippen LogP contribution < -0.4 is 9.47 Å². The molecule has 0 aliphatic heterocycles. The SMILES string of the molecule is COc1cc2c3cccc4cccc(c5cccc(c1-c1c(OC)cc6c7cccc8cccc(c9cccc1c96)c87)c52)c43. The van der Waals surface area contributed by atoms with Crippen molar-refractivity contribution in [3.8, 4) is 22.6 Å². The Balaban J connectivity index is 1.45. The highest BCUT2D eigenvalue weighted by atomic mass is 16.5. The topological polar surface area (TPSA) is 18.5 Å². The third kappa shape index (κ3) is 2.86. The van der Waals surface area contributed by atoms with Crippen molar-refractivity contribution in [2.75, 3.05) is 14.2 Å². The maximum absolute atomic E-state index is 6.29. The van der Waals surface area contributed by atoms with Crippen LogP contribution in [0.2, 0.25) is 0 Å². The van der Waals surface area contributed by atoms with Gasteiger partial charge in [-0.25, -0.2) is 0 Å². The minimum absolute atomic E-state index is 0.846. The van der Waals surface area contributed by atoms with Crippen molar-refractivity contribution < 1.29 is 9.47 Å². The number of benzene rings is 10. The Kier molecular flexibility index (Phi) is 4.61. The van der Waals surface area contributed by atoms with Gasteiger partial charge in [-0.05, 0) is 98.3 Å². The first-order chi connectivity index (χ1) is 21.8. The molecule has 10 aromatic carbocycles. The van der Waals surface area contributed by atoms with Crippen molar-refractivity contribution in [2.45, 2.75) is 0 Å². The molecule has 206 valence electrons. The van der Waals surface area contributed by atoms with E-state index in [0.717, 1.165) is 22.6 Å². The second-order valence-corrected chi connectivity index (χ2v) is 11.9. The van der Waals surface area contributed by atoms with Crippen molar-refractivity contribution >= 4 is 86.2 Å². The van der Waals surface area contributed by atoms with Gasteiger partial charge in [-0.3, -0.25) is 0 Å². The summed E-state index contributed by atoms with van der Waals surface area (Å²) in [5, 5.41) is 20.0. The molecule has 10 aromatic rings. The van der Waals surface area contributed by atoms with Crippen molar-refractivity contribution in [1.29, 1.82) is 0 Å². The summed E-state index contributed by atoms with van der Waals surface area (Å²) in [4.78, 5) is 0. The number of hydrogen-bond acceptors (Lipinski definition) is 2. The zero-order valence-corrected chi connectivity index (χ0v) is 24.4. The minimum Gasteiger partial charge on any atom is -0.496 e. The van der Waals surface area contributed by atoms with Crippen LogP contribution in [0.25, 0.3) is 97.3 Å². The Morgan fingerprint density at radius 2 is 0.614 bits per heavy atom. The fourth-order valence-corrected chi connectivity index (χ4v) is 8.21. The Morgan fingerprint density at radius 1 is 0.318 bits per heavy atom. The molecule has 0 N–H and O–H groups in total. The molecule has 0 unspecified atom stereocenters. The second-order valence-electron chi connectivity index (χ2n) is 11.9. The lowest BCUT2D eigenvalue weighted by Crippen LogP contribution is -1.97. The average molecular weight is 563 g/mol. The van der Waals surface area contributed by atoms with Crippen LogP contribution in [0.1, 0.15) is 0 Å². The van der Waals surface area contributed by atoms with Crippen molar-refractivity contribution in [3.05, 3.63) is 121 Å². The van der Waals surface area contributed by atoms with Gasteiger partial charge in [0.2, 0.25) is 0 Å². The molecule has 0 aliphatic rings. The molecular formula is C42H26O2. The molecule has 0 atom stereocenters. The van der Waals surface area contributed by atoms with Crippen LogP contribution in [-0.4, -0.2) is 14.2 Å². The highest BCUT2D eigenvalue weighted by Gasteiger charge is 2.25. The van der Waals surface area contributed by atoms with Crippen LogP contribution in [0.5, 0.6) is 11.5 Å². The third-order valence-electron chi connectivity index (χ3n) is 9.91. The normalized spacial score (nSPS) is 12.3. The molecule has 0 saturated heterocycles. The van der Waals surface area contributed by atoms with Crippen LogP contribution in [-0.2, 0) is 0 Å². The van der Waals surface area contributed by atoms with Crippen molar-refractivity contribution in [3.63, 3.8) is 0 Å². The summed E-state index contributed by atoms with van der Waals surface area (Å²) in [6.07, 6.45) is 0. The molecule has 2 nitrogen and oxygen atoms in total. The Labute approximate surface area is 253 Å². The summed E-state index contributed by atoms with van der Waals surface area (Å²) < 4.78 is 12.6. The lowest BCUT2D eigenvalue weighted by molar-refractivity contribution is 0.411. The van der Waals surface area contributed by atoms with Crippen LogP contribution in [0.3, 0.4) is 0 Å². The van der Waals surface area contributed by atoms with E-state index in [-0.39, 0.29) is 0 Å². The molecule has 10 rings (SSSR count). The standard InChI is InChI=1S/C42H26O2/c1-43-35-21-33-29-15-5-11-23-9-3-13-25(37(23)29)27-17-7-19-31(39(27)33)41(35)42-32-20-8-18-28-26-14-4-10-24-12-6-16-30(38(24)26)34(40(28)32)22-36(42)44-2/h3-22H,1-2H3. The smallest absolute Gasteiger partial charge is 0.128 e. The van der Waals surface area contributed by atoms with Crippen LogP contribution in [0, 0.1) is 0 Å². The van der Waals surface area contributed by atoms with E-state index in [2.05, 4.69) is 121 Å². The summed E-state index contributed by atoms with van der Waals surface area (Å²) >= 11 is 0. The number of rotatable bonds is 3. The van der Waals surface area contributed by atoms with Gasteiger partial charge in [0.1, 0.15) is 11.5 Å². The summed E-state index contributed by atoms with van der Waals surface area (Å²) in [5.74, 6) is 1.69. The van der Waals surface area contributed by atoms with Crippen LogP contribution in [0.4, 0.5) is 0 Å². The molecule has 0 bridgehead atoms. The molecule has 44 heavy (non-hydrogen) atoms. The summed E-state index contributed by atoms with van der Waals surface area (Å²) in [6, 6.07) is 44.4. The minimum atomic E-state index is 0.846. The van der Waals surface area contributed by atoms with E-state index in [1.807, 2.05) is 0 Å². The highest BCUT2D eigenvalue weighted by molar-refractivity contribution is 6.37. The van der Waals surface area contributed by atoms with E-state index in [1.165, 1.54) is 86.2 Å². The molecule has 0 spiro atoms. The molecule has 0 heterocycles. The Bertz CT molecular complexity index is 2580. The molecule has 0 saturated carbocycles. The number of hydrogen-bond donors (Lipinski definition) is 0. The van der Waals surface area contributed by atoms with Crippen molar-refractivity contribution in [2.24, 2.45) is 0 Å². The molecular weight excluding hydrogens is 536 g/mol. The first-order valence-electron chi connectivity index (χ1n) is 15.1. The van der Waals surface area contributed by atoms with E-state index in [9.17, 15) is 0 Å². The molecule has 0 radical (unpaired) electrons. The van der Waals surface area contributed by atoms with E-state index >= 15 is 0 Å². The molecule has 0 fully saturated rings. The number of methoxy groups -OCH3 is 2. The quantitative estimate of drug-likeness (QED) is 0.157. The van der Waals surface area contributed by atoms with Gasteiger partial charge in [-0.15, -0.1) is 0 Å². The predicted molar refractivity (Wildman–Crippen MR) is 187 cm³/mol. The summed E-state index contributed by atoms with van der Waals surface area (Å²) in [5.41, 5.74) is 2.13. The van der Waals surface area contributed by atoms with Gasteiger partial charge in [-0.1, -0.05) is 109 Å². The van der Waals surface area contributed by atoms with Gasteiger partial charge >= 0.3 is 0 Å². The van der Waals surface area contributed by atoms with Gasteiger partial charge in [0.15, 0.2) is 0 Å². The van der Waals surface area contributed by atoms with E-state index in [0.29, 0.717) is 0 Å². The number of ether oxygens (including phenoxy) is 2. The lowest BCUT2D eigenvalue weighted by atomic mass is 9.83. The second kappa shape index (κ2) is 8.49. The Morgan fingerprint density at radius 3 is 0.977 bits per heavy atom. The van der Waals surface area contributed by atoms with Gasteiger partial charge in [0, 0.05) is 11.1 Å². The zero-order chi connectivity index (χ0) is 29.1. The summed E-state index contributed by atoms with van der Waals surface area (Å²) in [7, 11) is 3.57. The first kappa shape index (κ1) is 23.9. The molecule has 0 aliphatic carbocycles. The van der Waals surface area contributed by atoms with E-state index in [1.54, 1.807) is 14.2 Å². The van der Waals surface area contributed by atoms with Crippen LogP contribution >= 0.6 is 0 Å². The largest absolute Gasteiger partial charge is 0.496 e. The molecule has 2 heteroatoms. The van der Waals surface area contributed by atoms with Gasteiger partial charge < -0.3 is 9.47 Å². The van der Waals surface area contributed by atoms with Gasteiger partial charge in [0.25, 0.3) is 0 Å². The zero-order valence-electron chi connectivity index (χ0n) is 24.4. The van der Waals surface area contributed by atoms with E-state index in [4.69, 9.17) is 9.47 Å². The maximum Gasteiger partial charge on any atom is 0.128 e. The summed E-state index contributed by atoms with van der Waals surface area (Å²) in [6.45, 7) is 0. The fourth-order valence-electron chi connectivity index (χ4n) is 8.21. The maximum atomic E-state index is 6.29. The van der Waals surface area contributed by atoms with E-state index < -0.39 is 0 Å². The molecule has 0 amide bonds. The highest BCUT2D eigenvalue weighted by Crippen LogP contribution is 2.53.